The Hall–Kier alpha value is -2.06. The zero-order valence-corrected chi connectivity index (χ0v) is 40.3. The predicted octanol–water partition coefficient (Wildman–Crippen LogP) is 14.0. The van der Waals surface area contributed by atoms with Crippen molar-refractivity contribution in [1.82, 2.24) is 5.32 Å². The Morgan fingerprint density at radius 2 is 1.00 bits per heavy atom. The fraction of sp³-hybridized carbons (Fsp3) is 0.745. The van der Waals surface area contributed by atoms with Gasteiger partial charge in [0, 0.05) is 6.42 Å². The van der Waals surface area contributed by atoms with Crippen molar-refractivity contribution in [3.63, 3.8) is 0 Å². The number of phosphoric acid groups is 1. The van der Waals surface area contributed by atoms with Crippen LogP contribution < -0.4 is 5.32 Å². The smallest absolute Gasteiger partial charge is 0.387 e. The van der Waals surface area contributed by atoms with Gasteiger partial charge in [0.15, 0.2) is 0 Å². The van der Waals surface area contributed by atoms with E-state index in [-0.39, 0.29) is 19.1 Å². The van der Waals surface area contributed by atoms with Gasteiger partial charge in [0.2, 0.25) is 5.91 Å². The number of unbranched alkanes of at least 4 members (excludes halogenated alkanes) is 20. The van der Waals surface area contributed by atoms with Crippen molar-refractivity contribution in [2.24, 2.45) is 0 Å². The highest BCUT2D eigenvalue weighted by atomic mass is 31.2. The third kappa shape index (κ3) is 44.0. The van der Waals surface area contributed by atoms with Gasteiger partial charge in [-0.05, 0) is 57.8 Å². The summed E-state index contributed by atoms with van der Waals surface area (Å²) in [5, 5.41) is 13.5. The summed E-state index contributed by atoms with van der Waals surface area (Å²) in [5.74, 6) is -0.190. The lowest BCUT2D eigenvalue weighted by atomic mass is 10.0. The summed E-state index contributed by atoms with van der Waals surface area (Å²) in [5.41, 5.74) is 0. The molecule has 0 aliphatic carbocycles. The Morgan fingerprint density at radius 3 is 1.43 bits per heavy atom. The number of quaternary nitrogens is 1. The van der Waals surface area contributed by atoms with E-state index in [1.807, 2.05) is 34.1 Å². The minimum atomic E-state index is -4.31. The lowest BCUT2D eigenvalue weighted by molar-refractivity contribution is -0.870. The second-order valence-electron chi connectivity index (χ2n) is 17.5. The van der Waals surface area contributed by atoms with E-state index in [4.69, 9.17) is 9.05 Å². The standard InChI is InChI=1S/C51H93N2O6P/c1-6-8-10-11-12-13-14-15-16-17-18-19-20-21-22-23-24-25-26-27-28-29-30-31-32-33-34-35-36-37-38-39-40-41-43-45-51(55)52-49(50(54)44-42-9-7-2)48-59-60(56,57)58-47-46-53(3,4)5/h8,10,12-13,15-16,18-19,21-22,42,44,49-50,54H,6-7,9,11,14,17,20,23-41,43,45-48H2,1-5H3,(H-,52,55,56,57)/p+1/b10-8-,13-12-,16-15-,19-18-,22-21-,44-42+. The highest BCUT2D eigenvalue weighted by Gasteiger charge is 2.27. The first-order valence-electron chi connectivity index (χ1n) is 24.3. The van der Waals surface area contributed by atoms with Crippen LogP contribution in [0.15, 0.2) is 72.9 Å². The molecule has 0 aromatic carbocycles. The number of hydrogen-bond acceptors (Lipinski definition) is 5. The van der Waals surface area contributed by atoms with Gasteiger partial charge in [0.05, 0.1) is 39.9 Å². The number of rotatable bonds is 43. The molecule has 9 heteroatoms. The summed E-state index contributed by atoms with van der Waals surface area (Å²) in [6.07, 6.45) is 58.1. The molecule has 0 aliphatic heterocycles. The number of aliphatic hydroxyl groups excluding tert-OH is 1. The second kappa shape index (κ2) is 42.3. The molecule has 0 radical (unpaired) electrons. The molecule has 0 rings (SSSR count). The molecule has 0 saturated heterocycles. The van der Waals surface area contributed by atoms with Gasteiger partial charge in [-0.15, -0.1) is 0 Å². The molecule has 0 aliphatic rings. The average molecular weight is 862 g/mol. The number of allylic oxidation sites excluding steroid dienone is 11. The molecule has 60 heavy (non-hydrogen) atoms. The Balaban J connectivity index is 3.73. The molecular formula is C51H94N2O6P+. The normalized spacial score (nSPS) is 14.8. The van der Waals surface area contributed by atoms with Crippen LogP contribution in [0.1, 0.15) is 194 Å². The van der Waals surface area contributed by atoms with Gasteiger partial charge in [0.1, 0.15) is 13.2 Å². The quantitative estimate of drug-likeness (QED) is 0.0244. The Morgan fingerprint density at radius 1 is 0.583 bits per heavy atom. The zero-order chi connectivity index (χ0) is 44.3. The Labute approximate surface area is 370 Å². The van der Waals surface area contributed by atoms with E-state index in [1.165, 1.54) is 109 Å². The fourth-order valence-electron chi connectivity index (χ4n) is 6.60. The Bertz CT molecular complexity index is 1200. The van der Waals surface area contributed by atoms with Gasteiger partial charge in [-0.2, -0.15) is 0 Å². The molecule has 3 unspecified atom stereocenters. The van der Waals surface area contributed by atoms with E-state index in [0.717, 1.165) is 64.2 Å². The van der Waals surface area contributed by atoms with E-state index in [2.05, 4.69) is 73.0 Å². The average Bonchev–Trinajstić information content (AvgIpc) is 3.20. The van der Waals surface area contributed by atoms with Crippen LogP contribution >= 0.6 is 7.82 Å². The zero-order valence-electron chi connectivity index (χ0n) is 39.4. The number of phosphoric ester groups is 1. The number of carbonyl (C=O) groups excluding carboxylic acids is 1. The molecule has 0 saturated carbocycles. The van der Waals surface area contributed by atoms with Crippen molar-refractivity contribution in [2.45, 2.75) is 206 Å². The van der Waals surface area contributed by atoms with Gasteiger partial charge >= 0.3 is 7.82 Å². The van der Waals surface area contributed by atoms with Crippen LogP contribution in [0.2, 0.25) is 0 Å². The summed E-state index contributed by atoms with van der Waals surface area (Å²) >= 11 is 0. The van der Waals surface area contributed by atoms with Crippen molar-refractivity contribution in [1.29, 1.82) is 0 Å². The molecule has 0 heterocycles. The van der Waals surface area contributed by atoms with E-state index < -0.39 is 20.0 Å². The van der Waals surface area contributed by atoms with Crippen LogP contribution in [0.4, 0.5) is 0 Å². The molecule has 1 amide bonds. The van der Waals surface area contributed by atoms with E-state index >= 15 is 0 Å². The molecule has 0 aromatic rings. The molecule has 3 atom stereocenters. The fourth-order valence-corrected chi connectivity index (χ4v) is 7.34. The van der Waals surface area contributed by atoms with Crippen LogP contribution in [0.3, 0.4) is 0 Å². The summed E-state index contributed by atoms with van der Waals surface area (Å²) in [6.45, 7) is 4.48. The highest BCUT2D eigenvalue weighted by molar-refractivity contribution is 7.47. The number of nitrogens with one attached hydrogen (secondary N) is 1. The van der Waals surface area contributed by atoms with Crippen molar-refractivity contribution < 1.29 is 32.9 Å². The molecule has 0 bridgehead atoms. The number of amides is 1. The number of likely N-dealkylation sites (N-methyl/N-ethyl adjacent to an activating group) is 1. The van der Waals surface area contributed by atoms with Crippen molar-refractivity contribution >= 4 is 13.7 Å². The first kappa shape index (κ1) is 57.9. The van der Waals surface area contributed by atoms with Crippen LogP contribution in [-0.2, 0) is 18.4 Å². The number of aliphatic hydroxyl groups is 1. The lowest BCUT2D eigenvalue weighted by Gasteiger charge is -2.25. The maximum Gasteiger partial charge on any atom is 0.472 e. The summed E-state index contributed by atoms with van der Waals surface area (Å²) in [4.78, 5) is 22.8. The minimum absolute atomic E-state index is 0.0586. The third-order valence-corrected chi connectivity index (χ3v) is 11.4. The SMILES string of the molecule is CC/C=C\C/C=C\C/C=C\C/C=C\C/C=C\CCCCCCCCCCCCCCCCCCCCCC(=O)NC(COP(=O)(O)OCC[N+](C)(C)C)C(O)/C=C/CCC. The molecule has 8 nitrogen and oxygen atoms in total. The first-order valence-corrected chi connectivity index (χ1v) is 25.8. The lowest BCUT2D eigenvalue weighted by Crippen LogP contribution is -2.45. The first-order chi connectivity index (χ1) is 29.0. The van der Waals surface area contributed by atoms with Crippen molar-refractivity contribution in [2.75, 3.05) is 40.9 Å². The maximum absolute atomic E-state index is 12.7. The van der Waals surface area contributed by atoms with Gasteiger partial charge in [0.25, 0.3) is 0 Å². The van der Waals surface area contributed by atoms with Gasteiger partial charge < -0.3 is 19.8 Å². The summed E-state index contributed by atoms with van der Waals surface area (Å²) in [6, 6.07) is -0.842. The van der Waals surface area contributed by atoms with Gasteiger partial charge in [-0.1, -0.05) is 202 Å². The third-order valence-electron chi connectivity index (χ3n) is 10.4. The molecule has 3 N–H and O–H groups in total. The van der Waals surface area contributed by atoms with Crippen LogP contribution in [0.25, 0.3) is 0 Å². The molecule has 0 spiro atoms. The molecule has 0 aromatic heterocycles. The topological polar surface area (TPSA) is 105 Å². The molecule has 0 fully saturated rings. The molecular weight excluding hydrogens is 768 g/mol. The predicted molar refractivity (Wildman–Crippen MR) is 258 cm³/mol. The van der Waals surface area contributed by atoms with E-state index in [9.17, 15) is 19.4 Å². The van der Waals surface area contributed by atoms with Crippen LogP contribution in [-0.4, -0.2) is 73.4 Å². The van der Waals surface area contributed by atoms with Crippen molar-refractivity contribution in [3.05, 3.63) is 72.9 Å². The number of hydrogen-bond donors (Lipinski definition) is 3. The second-order valence-corrected chi connectivity index (χ2v) is 18.9. The monoisotopic (exact) mass is 862 g/mol. The van der Waals surface area contributed by atoms with E-state index in [1.54, 1.807) is 6.08 Å². The van der Waals surface area contributed by atoms with Gasteiger partial charge in [-0.25, -0.2) is 4.57 Å². The van der Waals surface area contributed by atoms with Crippen LogP contribution in [0, 0.1) is 0 Å². The highest BCUT2D eigenvalue weighted by Crippen LogP contribution is 2.43. The Kier molecular flexibility index (Phi) is 40.8. The summed E-state index contributed by atoms with van der Waals surface area (Å²) in [7, 11) is 1.56. The largest absolute Gasteiger partial charge is 0.472 e. The van der Waals surface area contributed by atoms with Crippen LogP contribution in [0.5, 0.6) is 0 Å². The summed E-state index contributed by atoms with van der Waals surface area (Å²) < 4.78 is 23.2. The molecule has 348 valence electrons. The van der Waals surface area contributed by atoms with Gasteiger partial charge in [-0.3, -0.25) is 13.8 Å². The van der Waals surface area contributed by atoms with E-state index in [0.29, 0.717) is 17.4 Å². The number of nitrogens with zero attached hydrogens (tertiary/aromatic N) is 1. The minimum Gasteiger partial charge on any atom is -0.387 e. The number of carbonyl (C=O) groups is 1. The van der Waals surface area contributed by atoms with Crippen molar-refractivity contribution in [3.8, 4) is 0 Å². The maximum atomic E-state index is 12.7.